The number of hydrogen-bond acceptors (Lipinski definition) is 3. The summed E-state index contributed by atoms with van der Waals surface area (Å²) in [6.07, 6.45) is 0. The van der Waals surface area contributed by atoms with Gasteiger partial charge in [-0.2, -0.15) is 11.8 Å². The smallest absolute Gasteiger partial charge is 0.234 e. The summed E-state index contributed by atoms with van der Waals surface area (Å²) in [4.78, 5) is 11.7. The van der Waals surface area contributed by atoms with E-state index in [9.17, 15) is 4.79 Å². The first kappa shape index (κ1) is 15.6. The zero-order valence-electron chi connectivity index (χ0n) is 9.95. The molecule has 1 aromatic carbocycles. The van der Waals surface area contributed by atoms with Gasteiger partial charge in [-0.1, -0.05) is 36.2 Å². The van der Waals surface area contributed by atoms with E-state index < -0.39 is 0 Å². The van der Waals surface area contributed by atoms with Gasteiger partial charge in [0.15, 0.2) is 0 Å². The van der Waals surface area contributed by atoms with Gasteiger partial charge < -0.3 is 10.4 Å². The predicted molar refractivity (Wildman–Crippen MR) is 78.7 cm³/mol. The first-order valence-corrected chi connectivity index (χ1v) is 7.38. The van der Waals surface area contributed by atoms with Crippen molar-refractivity contribution in [1.82, 2.24) is 0 Å². The van der Waals surface area contributed by atoms with Crippen LogP contribution in [0.2, 0.25) is 10.0 Å². The summed E-state index contributed by atoms with van der Waals surface area (Å²) in [5, 5.41) is 12.4. The number of aliphatic hydroxyl groups is 1. The van der Waals surface area contributed by atoms with Gasteiger partial charge in [0.25, 0.3) is 0 Å². The number of para-hydroxylation sites is 1. The fourth-order valence-electron chi connectivity index (χ4n) is 1.20. The zero-order valence-corrected chi connectivity index (χ0v) is 12.3. The molecule has 0 saturated heterocycles. The van der Waals surface area contributed by atoms with Gasteiger partial charge >= 0.3 is 0 Å². The number of amides is 1. The first-order valence-electron chi connectivity index (χ1n) is 5.47. The molecule has 0 radical (unpaired) electrons. The number of rotatable bonds is 6. The van der Waals surface area contributed by atoms with E-state index in [0.29, 0.717) is 21.5 Å². The summed E-state index contributed by atoms with van der Waals surface area (Å²) in [5.41, 5.74) is 0.446. The molecule has 1 aromatic rings. The number of halogens is 2. The molecule has 2 N–H and O–H groups in total. The highest BCUT2D eigenvalue weighted by Crippen LogP contribution is 2.29. The molecule has 0 spiro atoms. The molecule has 100 valence electrons. The molecule has 0 bridgehead atoms. The molecule has 3 nitrogen and oxygen atoms in total. The van der Waals surface area contributed by atoms with Crippen LogP contribution in [0.1, 0.15) is 6.92 Å². The number of anilines is 1. The molecule has 1 unspecified atom stereocenters. The average molecular weight is 308 g/mol. The molecule has 18 heavy (non-hydrogen) atoms. The second-order valence-corrected chi connectivity index (χ2v) is 5.79. The molecule has 0 aliphatic heterocycles. The minimum Gasteiger partial charge on any atom is -0.396 e. The number of aliphatic hydroxyl groups excluding tert-OH is 1. The third kappa shape index (κ3) is 5.06. The van der Waals surface area contributed by atoms with Crippen LogP contribution in [-0.2, 0) is 4.79 Å². The molecule has 1 atom stereocenters. The summed E-state index contributed by atoms with van der Waals surface area (Å²) >= 11 is 13.3. The van der Waals surface area contributed by atoms with E-state index in [0.717, 1.165) is 5.75 Å². The standard InChI is InChI=1S/C12H15Cl2NO2S/c1-8(5-16)6-18-7-11(17)15-12-9(13)3-2-4-10(12)14/h2-4,8,16H,5-7H2,1H3,(H,15,17). The van der Waals surface area contributed by atoms with Crippen LogP contribution in [-0.4, -0.2) is 29.1 Å². The normalized spacial score (nSPS) is 12.2. The van der Waals surface area contributed by atoms with E-state index in [1.54, 1.807) is 18.2 Å². The fourth-order valence-corrected chi connectivity index (χ4v) is 2.57. The average Bonchev–Trinajstić information content (AvgIpc) is 2.34. The molecule has 6 heteroatoms. The molecule has 0 heterocycles. The molecular weight excluding hydrogens is 293 g/mol. The van der Waals surface area contributed by atoms with Crippen LogP contribution in [0.25, 0.3) is 0 Å². The molecule has 1 amide bonds. The van der Waals surface area contributed by atoms with Crippen molar-refractivity contribution in [2.45, 2.75) is 6.92 Å². The lowest BCUT2D eigenvalue weighted by Crippen LogP contribution is -2.16. The maximum absolute atomic E-state index is 11.7. The minimum absolute atomic E-state index is 0.130. The van der Waals surface area contributed by atoms with E-state index in [-0.39, 0.29) is 18.4 Å². The van der Waals surface area contributed by atoms with E-state index in [1.165, 1.54) is 11.8 Å². The second-order valence-electron chi connectivity index (χ2n) is 3.95. The molecule has 1 rings (SSSR count). The molecule has 0 aliphatic rings. The number of carbonyl (C=O) groups is 1. The van der Waals surface area contributed by atoms with E-state index >= 15 is 0 Å². The van der Waals surface area contributed by atoms with Gasteiger partial charge in [0.1, 0.15) is 0 Å². The van der Waals surface area contributed by atoms with Crippen molar-refractivity contribution in [2.75, 3.05) is 23.4 Å². The lowest BCUT2D eigenvalue weighted by atomic mass is 10.2. The highest BCUT2D eigenvalue weighted by atomic mass is 35.5. The van der Waals surface area contributed by atoms with Crippen molar-refractivity contribution in [3.63, 3.8) is 0 Å². The number of benzene rings is 1. The lowest BCUT2D eigenvalue weighted by molar-refractivity contribution is -0.113. The zero-order chi connectivity index (χ0) is 13.5. The van der Waals surface area contributed by atoms with Crippen LogP contribution in [0, 0.1) is 5.92 Å². The van der Waals surface area contributed by atoms with Crippen LogP contribution < -0.4 is 5.32 Å². The summed E-state index contributed by atoms with van der Waals surface area (Å²) < 4.78 is 0. The van der Waals surface area contributed by atoms with Crippen molar-refractivity contribution in [3.05, 3.63) is 28.2 Å². The van der Waals surface area contributed by atoms with Crippen LogP contribution >= 0.6 is 35.0 Å². The lowest BCUT2D eigenvalue weighted by Gasteiger charge is -2.10. The Labute approximate surface area is 121 Å². The van der Waals surface area contributed by atoms with Gasteiger partial charge in [-0.05, 0) is 23.8 Å². The van der Waals surface area contributed by atoms with Gasteiger partial charge in [0.05, 0.1) is 21.5 Å². The third-order valence-corrected chi connectivity index (χ3v) is 4.08. The predicted octanol–water partition coefficient (Wildman–Crippen LogP) is 3.29. The summed E-state index contributed by atoms with van der Waals surface area (Å²) in [7, 11) is 0. The largest absolute Gasteiger partial charge is 0.396 e. The van der Waals surface area contributed by atoms with Crippen LogP contribution in [0.5, 0.6) is 0 Å². The third-order valence-electron chi connectivity index (χ3n) is 2.17. The fraction of sp³-hybridized carbons (Fsp3) is 0.417. The van der Waals surface area contributed by atoms with Crippen molar-refractivity contribution in [3.8, 4) is 0 Å². The quantitative estimate of drug-likeness (QED) is 0.848. The maximum atomic E-state index is 11.7. The van der Waals surface area contributed by atoms with Crippen LogP contribution in [0.3, 0.4) is 0 Å². The van der Waals surface area contributed by atoms with Gasteiger partial charge in [0, 0.05) is 6.61 Å². The SMILES string of the molecule is CC(CO)CSCC(=O)Nc1c(Cl)cccc1Cl. The Hall–Kier alpha value is -0.420. The maximum Gasteiger partial charge on any atom is 0.234 e. The van der Waals surface area contributed by atoms with E-state index in [1.807, 2.05) is 6.92 Å². The van der Waals surface area contributed by atoms with Gasteiger partial charge in [0.2, 0.25) is 5.91 Å². The summed E-state index contributed by atoms with van der Waals surface area (Å²) in [6.45, 7) is 2.06. The minimum atomic E-state index is -0.153. The summed E-state index contributed by atoms with van der Waals surface area (Å²) in [6, 6.07) is 5.06. The number of hydrogen-bond donors (Lipinski definition) is 2. The monoisotopic (exact) mass is 307 g/mol. The molecule has 0 saturated carbocycles. The van der Waals surface area contributed by atoms with Crippen molar-refractivity contribution in [2.24, 2.45) is 5.92 Å². The molecular formula is C12H15Cl2NO2S. The Morgan fingerprint density at radius 3 is 2.61 bits per heavy atom. The van der Waals surface area contributed by atoms with Gasteiger partial charge in [-0.25, -0.2) is 0 Å². The van der Waals surface area contributed by atoms with Crippen molar-refractivity contribution in [1.29, 1.82) is 0 Å². The first-order chi connectivity index (χ1) is 8.54. The van der Waals surface area contributed by atoms with E-state index in [2.05, 4.69) is 5.32 Å². The summed E-state index contributed by atoms with van der Waals surface area (Å²) in [5.74, 6) is 1.08. The molecule has 0 aliphatic carbocycles. The number of nitrogens with one attached hydrogen (secondary N) is 1. The van der Waals surface area contributed by atoms with E-state index in [4.69, 9.17) is 28.3 Å². The molecule has 0 fully saturated rings. The van der Waals surface area contributed by atoms with Crippen molar-refractivity contribution >= 4 is 46.6 Å². The van der Waals surface area contributed by atoms with Crippen molar-refractivity contribution < 1.29 is 9.90 Å². The topological polar surface area (TPSA) is 49.3 Å². The van der Waals surface area contributed by atoms with Crippen LogP contribution in [0.4, 0.5) is 5.69 Å². The Bertz CT molecular complexity index is 395. The highest BCUT2D eigenvalue weighted by molar-refractivity contribution is 7.99. The number of thioether (sulfide) groups is 1. The number of carbonyl (C=O) groups excluding carboxylic acids is 1. The molecule has 0 aromatic heterocycles. The Morgan fingerprint density at radius 1 is 1.44 bits per heavy atom. The van der Waals surface area contributed by atoms with Crippen LogP contribution in [0.15, 0.2) is 18.2 Å². The highest BCUT2D eigenvalue weighted by Gasteiger charge is 2.10. The van der Waals surface area contributed by atoms with Gasteiger partial charge in [-0.15, -0.1) is 0 Å². The van der Waals surface area contributed by atoms with Gasteiger partial charge in [-0.3, -0.25) is 4.79 Å². The second kappa shape index (κ2) is 7.89. The Morgan fingerprint density at radius 2 is 2.06 bits per heavy atom. The Balaban J connectivity index is 2.45. The Kier molecular flexibility index (Phi) is 6.86.